The van der Waals surface area contributed by atoms with E-state index in [-0.39, 0.29) is 11.9 Å². The van der Waals surface area contributed by atoms with Crippen LogP contribution in [0, 0.1) is 6.92 Å². The van der Waals surface area contributed by atoms with E-state index in [1.807, 2.05) is 23.9 Å². The largest absolute Gasteiger partial charge is 0.368 e. The van der Waals surface area contributed by atoms with E-state index in [0.717, 1.165) is 41.8 Å². The highest BCUT2D eigenvalue weighted by Crippen LogP contribution is 2.41. The van der Waals surface area contributed by atoms with Gasteiger partial charge < -0.3 is 14.6 Å². The molecule has 1 amide bonds. The normalized spacial score (nSPS) is 19.2. The number of hydrogen-bond acceptors (Lipinski definition) is 4. The standard InChI is InChI=1S/C26H30N4O2/c1-5-6-13-28-20-9-10-21(22-14-18(2)7-8-19(22)15-20)24(23-16-27-17-30(23)3)29-25(31)26(32-4)11-12-26/h5-8,10,13-14,16-17,24H,1,9,11-12,15H2,2-4H3,(H,29,31)/b13-6-,28-20?. The number of rotatable bonds is 7. The molecule has 0 aliphatic heterocycles. The first-order chi connectivity index (χ1) is 15.5. The lowest BCUT2D eigenvalue weighted by Crippen LogP contribution is -2.40. The number of aliphatic imine (C=N–C) groups is 1. The number of nitrogens with one attached hydrogen (secondary N) is 1. The van der Waals surface area contributed by atoms with Crippen molar-refractivity contribution in [3.05, 3.63) is 84.1 Å². The Hall–Kier alpha value is -3.25. The molecular formula is C26H30N4O2. The van der Waals surface area contributed by atoms with Crippen LogP contribution in [0.5, 0.6) is 0 Å². The lowest BCUT2D eigenvalue weighted by molar-refractivity contribution is -0.134. The van der Waals surface area contributed by atoms with E-state index in [9.17, 15) is 4.79 Å². The average Bonchev–Trinajstić information content (AvgIpc) is 3.51. The Kier molecular flexibility index (Phi) is 6.24. The maximum atomic E-state index is 13.2. The molecule has 166 valence electrons. The molecule has 0 radical (unpaired) electrons. The number of amides is 1. The number of imidazole rings is 1. The number of carbonyl (C=O) groups excluding carboxylic acids is 1. The molecule has 32 heavy (non-hydrogen) atoms. The predicted octanol–water partition coefficient (Wildman–Crippen LogP) is 4.24. The third-order valence-electron chi connectivity index (χ3n) is 6.25. The highest BCUT2D eigenvalue weighted by molar-refractivity contribution is 5.95. The first-order valence-electron chi connectivity index (χ1n) is 10.9. The van der Waals surface area contributed by atoms with Crippen LogP contribution in [-0.4, -0.2) is 33.9 Å². The van der Waals surface area contributed by atoms with Gasteiger partial charge in [-0.25, -0.2) is 4.98 Å². The van der Waals surface area contributed by atoms with Crippen LogP contribution in [0.2, 0.25) is 0 Å². The van der Waals surface area contributed by atoms with Crippen molar-refractivity contribution in [3.63, 3.8) is 0 Å². The summed E-state index contributed by atoms with van der Waals surface area (Å²) in [6, 6.07) is 6.14. The van der Waals surface area contributed by atoms with E-state index < -0.39 is 5.60 Å². The minimum atomic E-state index is -0.709. The van der Waals surface area contributed by atoms with Crippen LogP contribution in [0.4, 0.5) is 0 Å². The van der Waals surface area contributed by atoms with Crippen LogP contribution in [-0.2, 0) is 23.0 Å². The van der Waals surface area contributed by atoms with Gasteiger partial charge in [-0.2, -0.15) is 0 Å². The van der Waals surface area contributed by atoms with Gasteiger partial charge in [0, 0.05) is 38.9 Å². The fraction of sp³-hybridized carbons (Fsp3) is 0.346. The molecule has 4 rings (SSSR count). The summed E-state index contributed by atoms with van der Waals surface area (Å²) >= 11 is 0. The van der Waals surface area contributed by atoms with Crippen molar-refractivity contribution in [1.82, 2.24) is 14.9 Å². The Balaban J connectivity index is 1.80. The molecule has 6 nitrogen and oxygen atoms in total. The molecule has 1 unspecified atom stereocenters. The fourth-order valence-electron chi connectivity index (χ4n) is 4.18. The van der Waals surface area contributed by atoms with E-state index in [1.54, 1.807) is 25.7 Å². The van der Waals surface area contributed by atoms with Gasteiger partial charge in [-0.1, -0.05) is 42.5 Å². The van der Waals surface area contributed by atoms with Gasteiger partial charge in [0.1, 0.15) is 5.60 Å². The van der Waals surface area contributed by atoms with Crippen molar-refractivity contribution in [3.8, 4) is 0 Å². The smallest absolute Gasteiger partial charge is 0.253 e. The quantitative estimate of drug-likeness (QED) is 0.668. The Bertz CT molecular complexity index is 1120. The van der Waals surface area contributed by atoms with Crippen molar-refractivity contribution in [1.29, 1.82) is 0 Å². The second-order valence-electron chi connectivity index (χ2n) is 8.51. The molecule has 1 N–H and O–H groups in total. The molecule has 0 bridgehead atoms. The maximum Gasteiger partial charge on any atom is 0.253 e. The SMILES string of the molecule is C=C/C=C\N=C1CC=C(C(NC(=O)C2(OC)CC2)c2cncn2C)c2cc(C)ccc2C1. The summed E-state index contributed by atoms with van der Waals surface area (Å²) in [5.41, 5.74) is 5.85. The molecule has 2 aromatic rings. The van der Waals surface area contributed by atoms with Crippen molar-refractivity contribution in [2.45, 2.75) is 44.2 Å². The molecule has 1 heterocycles. The van der Waals surface area contributed by atoms with E-state index >= 15 is 0 Å². The van der Waals surface area contributed by atoms with Crippen LogP contribution >= 0.6 is 0 Å². The minimum absolute atomic E-state index is 0.0756. The molecule has 1 saturated carbocycles. The van der Waals surface area contributed by atoms with Crippen LogP contribution < -0.4 is 5.32 Å². The second kappa shape index (κ2) is 9.09. The fourth-order valence-corrected chi connectivity index (χ4v) is 4.18. The number of aryl methyl sites for hydroxylation is 2. The Morgan fingerprint density at radius 1 is 1.41 bits per heavy atom. The molecular weight excluding hydrogens is 400 g/mol. The summed E-state index contributed by atoms with van der Waals surface area (Å²) in [5, 5.41) is 3.28. The first kappa shape index (κ1) is 22.0. The van der Waals surface area contributed by atoms with Gasteiger partial charge in [0.25, 0.3) is 5.91 Å². The molecule has 6 heteroatoms. The number of fused-ring (bicyclic) bond motifs is 1. The molecule has 0 spiro atoms. The van der Waals surface area contributed by atoms with E-state index in [2.05, 4.69) is 53.1 Å². The molecule has 0 saturated heterocycles. The molecule has 2 aliphatic rings. The highest BCUT2D eigenvalue weighted by atomic mass is 16.5. The number of nitrogens with zero attached hydrogens (tertiary/aromatic N) is 3. The summed E-state index contributed by atoms with van der Waals surface area (Å²) < 4.78 is 7.50. The lowest BCUT2D eigenvalue weighted by atomic mass is 9.91. The Morgan fingerprint density at radius 3 is 2.88 bits per heavy atom. The van der Waals surface area contributed by atoms with Gasteiger partial charge in [0.2, 0.25) is 0 Å². The predicted molar refractivity (Wildman–Crippen MR) is 127 cm³/mol. The number of ether oxygens (including phenoxy) is 1. The van der Waals surface area contributed by atoms with Crippen LogP contribution in [0.25, 0.3) is 5.57 Å². The van der Waals surface area contributed by atoms with Crippen molar-refractivity contribution in [2.24, 2.45) is 12.0 Å². The highest BCUT2D eigenvalue weighted by Gasteiger charge is 2.51. The van der Waals surface area contributed by atoms with Crippen LogP contribution in [0.3, 0.4) is 0 Å². The maximum absolute atomic E-state index is 13.2. The van der Waals surface area contributed by atoms with Gasteiger partial charge >= 0.3 is 0 Å². The summed E-state index contributed by atoms with van der Waals surface area (Å²) in [4.78, 5) is 22.1. The molecule has 1 aromatic carbocycles. The number of carbonyl (C=O) groups is 1. The zero-order valence-electron chi connectivity index (χ0n) is 19.0. The van der Waals surface area contributed by atoms with Crippen molar-refractivity contribution < 1.29 is 9.53 Å². The number of benzene rings is 1. The second-order valence-corrected chi connectivity index (χ2v) is 8.51. The molecule has 2 aliphatic carbocycles. The van der Waals surface area contributed by atoms with Crippen LogP contribution in [0.1, 0.15) is 47.7 Å². The zero-order chi connectivity index (χ0) is 22.7. The van der Waals surface area contributed by atoms with Crippen molar-refractivity contribution in [2.75, 3.05) is 7.11 Å². The van der Waals surface area contributed by atoms with Gasteiger partial charge in [0.15, 0.2) is 0 Å². The van der Waals surface area contributed by atoms with Crippen molar-refractivity contribution >= 4 is 17.2 Å². The zero-order valence-corrected chi connectivity index (χ0v) is 19.0. The van der Waals surface area contributed by atoms with E-state index in [1.165, 1.54) is 11.1 Å². The number of allylic oxidation sites excluding steroid dienone is 3. The van der Waals surface area contributed by atoms with Crippen LogP contribution in [0.15, 0.2) is 66.7 Å². The van der Waals surface area contributed by atoms with E-state index in [0.29, 0.717) is 6.42 Å². The van der Waals surface area contributed by atoms with Gasteiger partial charge in [0.05, 0.1) is 24.3 Å². The van der Waals surface area contributed by atoms with E-state index in [4.69, 9.17) is 4.74 Å². The third-order valence-corrected chi connectivity index (χ3v) is 6.25. The number of aromatic nitrogens is 2. The minimum Gasteiger partial charge on any atom is -0.368 e. The first-order valence-corrected chi connectivity index (χ1v) is 10.9. The Labute approximate surface area is 189 Å². The molecule has 1 atom stereocenters. The molecule has 1 fully saturated rings. The summed E-state index contributed by atoms with van der Waals surface area (Å²) in [7, 11) is 3.56. The summed E-state index contributed by atoms with van der Waals surface area (Å²) in [5.74, 6) is -0.0756. The number of methoxy groups -OCH3 is 1. The third kappa shape index (κ3) is 4.36. The monoisotopic (exact) mass is 430 g/mol. The summed E-state index contributed by atoms with van der Waals surface area (Å²) in [6.07, 6.45) is 14.0. The topological polar surface area (TPSA) is 68.5 Å². The molecule has 1 aromatic heterocycles. The van der Waals surface area contributed by atoms with Gasteiger partial charge in [-0.15, -0.1) is 0 Å². The Morgan fingerprint density at radius 2 is 2.22 bits per heavy atom. The lowest BCUT2D eigenvalue weighted by Gasteiger charge is -2.26. The van der Waals surface area contributed by atoms with Gasteiger partial charge in [-0.3, -0.25) is 9.79 Å². The summed E-state index contributed by atoms with van der Waals surface area (Å²) in [6.45, 7) is 5.80. The number of hydrogen-bond donors (Lipinski definition) is 1. The van der Waals surface area contributed by atoms with Gasteiger partial charge in [-0.05, 0) is 42.5 Å². The average molecular weight is 431 g/mol.